The molecule has 1 atom stereocenters. The van der Waals surface area contributed by atoms with Gasteiger partial charge >= 0.3 is 0 Å². The summed E-state index contributed by atoms with van der Waals surface area (Å²) in [5.41, 5.74) is 3.38. The molecule has 0 spiro atoms. The Labute approximate surface area is 184 Å². The van der Waals surface area contributed by atoms with Crippen molar-refractivity contribution in [2.24, 2.45) is 5.92 Å². The van der Waals surface area contributed by atoms with E-state index >= 15 is 0 Å². The van der Waals surface area contributed by atoms with E-state index in [1.807, 2.05) is 59.9 Å². The van der Waals surface area contributed by atoms with Gasteiger partial charge in [-0.05, 0) is 61.1 Å². The smallest absolute Gasteiger partial charge is 0.142 e. The van der Waals surface area contributed by atoms with Crippen LogP contribution >= 0.6 is 22.9 Å². The van der Waals surface area contributed by atoms with Crippen molar-refractivity contribution in [2.45, 2.75) is 32.8 Å². The zero-order valence-corrected chi connectivity index (χ0v) is 18.3. The maximum Gasteiger partial charge on any atom is 0.142 e. The second kappa shape index (κ2) is 8.25. The highest BCUT2D eigenvalue weighted by atomic mass is 35.5. The molecule has 1 N–H and O–H groups in total. The summed E-state index contributed by atoms with van der Waals surface area (Å²) in [6.45, 7) is 2.77. The van der Waals surface area contributed by atoms with E-state index in [4.69, 9.17) is 16.3 Å². The lowest BCUT2D eigenvalue weighted by atomic mass is 9.89. The third kappa shape index (κ3) is 3.87. The largest absolute Gasteiger partial charge is 0.489 e. The van der Waals surface area contributed by atoms with Gasteiger partial charge in [0.2, 0.25) is 0 Å². The van der Waals surface area contributed by atoms with Crippen molar-refractivity contribution in [2.75, 3.05) is 5.32 Å². The van der Waals surface area contributed by atoms with Gasteiger partial charge in [-0.2, -0.15) is 0 Å². The lowest BCUT2D eigenvalue weighted by Gasteiger charge is -2.18. The number of aryl methyl sites for hydroxylation is 1. The summed E-state index contributed by atoms with van der Waals surface area (Å²) in [5.74, 6) is 2.43. The number of fused-ring (bicyclic) bond motifs is 3. The summed E-state index contributed by atoms with van der Waals surface area (Å²) in [6, 6.07) is 15.7. The van der Waals surface area contributed by atoms with Gasteiger partial charge in [0.15, 0.2) is 0 Å². The first-order valence-electron chi connectivity index (χ1n) is 10.2. The summed E-state index contributed by atoms with van der Waals surface area (Å²) in [5, 5.41) is 5.39. The van der Waals surface area contributed by atoms with Crippen LogP contribution in [0.25, 0.3) is 10.2 Å². The summed E-state index contributed by atoms with van der Waals surface area (Å²) in [4.78, 5) is 11.6. The molecule has 0 fully saturated rings. The molecule has 152 valence electrons. The van der Waals surface area contributed by atoms with Crippen molar-refractivity contribution in [3.05, 3.63) is 75.9 Å². The van der Waals surface area contributed by atoms with Crippen LogP contribution in [0, 0.1) is 5.92 Å². The van der Waals surface area contributed by atoms with Crippen LogP contribution < -0.4 is 10.1 Å². The van der Waals surface area contributed by atoms with Crippen molar-refractivity contribution >= 4 is 44.7 Å². The quantitative estimate of drug-likeness (QED) is 0.374. The first-order chi connectivity index (χ1) is 14.7. The van der Waals surface area contributed by atoms with Crippen molar-refractivity contribution in [1.29, 1.82) is 0 Å². The Bertz CT molecular complexity index is 1190. The molecule has 2 aromatic carbocycles. The lowest BCUT2D eigenvalue weighted by molar-refractivity contribution is 0.306. The van der Waals surface area contributed by atoms with E-state index < -0.39 is 0 Å². The molecule has 1 aliphatic rings. The third-order valence-corrected chi connectivity index (χ3v) is 7.09. The van der Waals surface area contributed by atoms with Crippen molar-refractivity contribution in [3.8, 4) is 5.75 Å². The average molecular weight is 436 g/mol. The fourth-order valence-corrected chi connectivity index (χ4v) is 5.46. The number of halogens is 1. The standard InChI is InChI=1S/C24H22ClN3OS/c1-15-6-11-19-21(12-15)30-24-22(19)23(26-14-27-24)28-17-7-9-18(10-8-17)29-13-16-4-2-3-5-20(16)25/h2-5,7-10,14-15H,6,11-13H2,1H3,(H,26,27,28). The van der Waals surface area contributed by atoms with E-state index in [0.717, 1.165) is 51.4 Å². The minimum absolute atomic E-state index is 0.443. The number of hydrogen-bond acceptors (Lipinski definition) is 5. The summed E-state index contributed by atoms with van der Waals surface area (Å²) < 4.78 is 5.88. The average Bonchev–Trinajstić information content (AvgIpc) is 3.12. The number of benzene rings is 2. The van der Waals surface area contributed by atoms with E-state index in [1.54, 1.807) is 6.33 Å². The highest BCUT2D eigenvalue weighted by Gasteiger charge is 2.23. The number of ether oxygens (including phenoxy) is 1. The van der Waals surface area contributed by atoms with E-state index in [1.165, 1.54) is 22.2 Å². The SMILES string of the molecule is CC1CCc2c(sc3ncnc(Nc4ccc(OCc5ccccc5Cl)cc4)c23)C1. The fourth-order valence-electron chi connectivity index (χ4n) is 3.92. The fraction of sp³-hybridized carbons (Fsp3) is 0.250. The molecule has 0 saturated heterocycles. The molecule has 1 aliphatic carbocycles. The Morgan fingerprint density at radius 1 is 1.13 bits per heavy atom. The van der Waals surface area contributed by atoms with Crippen molar-refractivity contribution in [1.82, 2.24) is 9.97 Å². The molecule has 0 radical (unpaired) electrons. The molecule has 0 bridgehead atoms. The van der Waals surface area contributed by atoms with Gasteiger partial charge in [0, 0.05) is 21.2 Å². The Morgan fingerprint density at radius 2 is 1.97 bits per heavy atom. The predicted octanol–water partition coefficient (Wildman–Crippen LogP) is 6.79. The third-order valence-electron chi connectivity index (χ3n) is 5.56. The summed E-state index contributed by atoms with van der Waals surface area (Å²) in [6.07, 6.45) is 5.13. The minimum Gasteiger partial charge on any atom is -0.489 e. The van der Waals surface area contributed by atoms with E-state index in [-0.39, 0.29) is 0 Å². The number of nitrogens with zero attached hydrogens (tertiary/aromatic N) is 2. The number of thiophene rings is 1. The molecule has 4 aromatic rings. The highest BCUT2D eigenvalue weighted by Crippen LogP contribution is 2.40. The van der Waals surface area contributed by atoms with E-state index in [2.05, 4.69) is 22.2 Å². The molecule has 0 amide bonds. The van der Waals surface area contributed by atoms with Crippen molar-refractivity contribution in [3.63, 3.8) is 0 Å². The second-order valence-corrected chi connectivity index (χ2v) is 9.27. The normalized spacial score (nSPS) is 15.7. The molecular weight excluding hydrogens is 414 g/mol. The molecule has 6 heteroatoms. The number of anilines is 2. The molecule has 1 unspecified atom stereocenters. The van der Waals surface area contributed by atoms with Gasteiger partial charge in [-0.15, -0.1) is 11.3 Å². The molecule has 0 saturated carbocycles. The van der Waals surface area contributed by atoms with Gasteiger partial charge in [-0.3, -0.25) is 0 Å². The number of aromatic nitrogens is 2. The van der Waals surface area contributed by atoms with Crippen LogP contribution in [0.3, 0.4) is 0 Å². The molecule has 5 rings (SSSR count). The zero-order valence-electron chi connectivity index (χ0n) is 16.7. The van der Waals surface area contributed by atoms with Gasteiger partial charge in [0.05, 0.1) is 5.39 Å². The Morgan fingerprint density at radius 3 is 2.80 bits per heavy atom. The van der Waals surface area contributed by atoms with Crippen LogP contribution in [0.2, 0.25) is 5.02 Å². The van der Waals surface area contributed by atoms with Crippen LogP contribution in [0.15, 0.2) is 54.9 Å². The lowest BCUT2D eigenvalue weighted by Crippen LogP contribution is -2.09. The van der Waals surface area contributed by atoms with Crippen LogP contribution in [-0.2, 0) is 19.4 Å². The van der Waals surface area contributed by atoms with Crippen LogP contribution in [0.5, 0.6) is 5.75 Å². The van der Waals surface area contributed by atoms with Crippen LogP contribution in [-0.4, -0.2) is 9.97 Å². The number of nitrogens with one attached hydrogen (secondary N) is 1. The van der Waals surface area contributed by atoms with E-state index in [0.29, 0.717) is 6.61 Å². The molecule has 2 aromatic heterocycles. The first kappa shape index (κ1) is 19.3. The van der Waals surface area contributed by atoms with Crippen LogP contribution in [0.4, 0.5) is 11.5 Å². The Kier molecular flexibility index (Phi) is 5.32. The highest BCUT2D eigenvalue weighted by molar-refractivity contribution is 7.19. The van der Waals surface area contributed by atoms with Crippen molar-refractivity contribution < 1.29 is 4.74 Å². The molecule has 2 heterocycles. The van der Waals surface area contributed by atoms with Crippen LogP contribution in [0.1, 0.15) is 29.3 Å². The first-order valence-corrected chi connectivity index (χ1v) is 11.4. The zero-order chi connectivity index (χ0) is 20.5. The number of rotatable bonds is 5. The Balaban J connectivity index is 1.34. The summed E-state index contributed by atoms with van der Waals surface area (Å²) >= 11 is 8.02. The van der Waals surface area contributed by atoms with E-state index in [9.17, 15) is 0 Å². The molecular formula is C24H22ClN3OS. The topological polar surface area (TPSA) is 47.0 Å². The number of hydrogen-bond donors (Lipinski definition) is 1. The van der Waals surface area contributed by atoms with Gasteiger partial charge in [0.1, 0.15) is 29.3 Å². The Hall–Kier alpha value is -2.63. The van der Waals surface area contributed by atoms with Gasteiger partial charge in [-0.25, -0.2) is 9.97 Å². The maximum absolute atomic E-state index is 6.20. The molecule has 30 heavy (non-hydrogen) atoms. The second-order valence-electron chi connectivity index (χ2n) is 7.78. The molecule has 4 nitrogen and oxygen atoms in total. The monoisotopic (exact) mass is 435 g/mol. The van der Waals surface area contributed by atoms with Gasteiger partial charge in [0.25, 0.3) is 0 Å². The minimum atomic E-state index is 0.443. The maximum atomic E-state index is 6.20. The summed E-state index contributed by atoms with van der Waals surface area (Å²) in [7, 11) is 0. The molecule has 0 aliphatic heterocycles. The van der Waals surface area contributed by atoms with Gasteiger partial charge < -0.3 is 10.1 Å². The predicted molar refractivity (Wildman–Crippen MR) is 124 cm³/mol. The van der Waals surface area contributed by atoms with Gasteiger partial charge in [-0.1, -0.05) is 36.7 Å².